The standard InChI is InChI=1S/C40H50FN7O3/c1-4-5-17-51-40(50)44-31-13-16-46(25-31)38-20-37-35(19-36(38)41)39(49)30(24-48(37)32-10-11-32)23-47(22-29-12-14-42-28(3)18-29)34-7-6-15-45(26-34)33-9-8-27(2)43-21-33/h8-9,12,14,18-21,24,31-32,34H,4-7,10-11,13,15-17,22-23,25-26H2,1-3H3,(H,44,50)/t31-,34+/m1/s1. The van der Waals surface area contributed by atoms with Gasteiger partial charge in [-0.15, -0.1) is 0 Å². The summed E-state index contributed by atoms with van der Waals surface area (Å²) in [6.45, 7) is 10.5. The molecule has 51 heavy (non-hydrogen) atoms. The van der Waals surface area contributed by atoms with Crippen LogP contribution in [0.1, 0.15) is 80.4 Å². The van der Waals surface area contributed by atoms with Gasteiger partial charge in [-0.1, -0.05) is 13.3 Å². The number of pyridine rings is 3. The van der Waals surface area contributed by atoms with Gasteiger partial charge in [0, 0.05) is 86.1 Å². The smallest absolute Gasteiger partial charge is 0.407 e. The SMILES string of the molecule is CCCCOC(=O)N[C@@H]1CCN(c2cc3c(cc2F)c(=O)c(CN(Cc2ccnc(C)c2)[C@H]2CCCN(c4ccc(C)nc4)C2)cn3C2CC2)C1. The fourth-order valence-electron chi connectivity index (χ4n) is 7.64. The molecule has 3 aromatic heterocycles. The maximum atomic E-state index is 16.0. The molecule has 0 bridgehead atoms. The Bertz CT molecular complexity index is 1910. The first kappa shape index (κ1) is 34.9. The van der Waals surface area contributed by atoms with E-state index in [0.29, 0.717) is 55.8 Å². The summed E-state index contributed by atoms with van der Waals surface area (Å²) in [4.78, 5) is 42.3. The first-order valence-electron chi connectivity index (χ1n) is 18.6. The number of benzene rings is 1. The lowest BCUT2D eigenvalue weighted by Gasteiger charge is -2.40. The van der Waals surface area contributed by atoms with E-state index in [1.807, 2.05) is 50.3 Å². The third kappa shape index (κ3) is 8.19. The van der Waals surface area contributed by atoms with Crippen LogP contribution in [0.2, 0.25) is 0 Å². The molecule has 1 N–H and O–H groups in total. The van der Waals surface area contributed by atoms with E-state index in [1.165, 1.54) is 6.07 Å². The van der Waals surface area contributed by atoms with Crippen molar-refractivity contribution in [2.24, 2.45) is 0 Å². The van der Waals surface area contributed by atoms with Crippen LogP contribution >= 0.6 is 0 Å². The maximum Gasteiger partial charge on any atom is 0.407 e. The monoisotopic (exact) mass is 695 g/mol. The van der Waals surface area contributed by atoms with Gasteiger partial charge in [-0.25, -0.2) is 9.18 Å². The number of alkyl carbamates (subject to hydrolysis) is 1. The van der Waals surface area contributed by atoms with Crippen LogP contribution in [0, 0.1) is 19.7 Å². The molecule has 7 rings (SSSR count). The summed E-state index contributed by atoms with van der Waals surface area (Å²) in [6.07, 6.45) is 12.0. The zero-order valence-electron chi connectivity index (χ0n) is 30.1. The number of fused-ring (bicyclic) bond motifs is 1. The quantitative estimate of drug-likeness (QED) is 0.165. The minimum atomic E-state index is -0.425. The van der Waals surface area contributed by atoms with E-state index in [4.69, 9.17) is 4.74 Å². The number of ether oxygens (including phenoxy) is 1. The van der Waals surface area contributed by atoms with Crippen molar-refractivity contribution in [1.82, 2.24) is 24.8 Å². The molecule has 2 aliphatic heterocycles. The van der Waals surface area contributed by atoms with Crippen LogP contribution < -0.4 is 20.5 Å². The number of piperidine rings is 1. The highest BCUT2D eigenvalue weighted by Gasteiger charge is 2.31. The van der Waals surface area contributed by atoms with Gasteiger partial charge in [0.25, 0.3) is 0 Å². The summed E-state index contributed by atoms with van der Waals surface area (Å²) in [5, 5.41) is 3.36. The first-order valence-corrected chi connectivity index (χ1v) is 18.6. The Labute approximate surface area is 299 Å². The maximum absolute atomic E-state index is 16.0. The summed E-state index contributed by atoms with van der Waals surface area (Å²) in [5.74, 6) is -0.413. The van der Waals surface area contributed by atoms with Gasteiger partial charge in [-0.3, -0.25) is 19.7 Å². The number of unbranched alkanes of at least 4 members (excludes halogenated alkanes) is 1. The van der Waals surface area contributed by atoms with E-state index in [9.17, 15) is 9.59 Å². The number of anilines is 2. The number of nitrogens with one attached hydrogen (secondary N) is 1. The minimum Gasteiger partial charge on any atom is -0.450 e. The highest BCUT2D eigenvalue weighted by atomic mass is 19.1. The molecule has 1 aliphatic carbocycles. The molecule has 11 heteroatoms. The second-order valence-corrected chi connectivity index (χ2v) is 14.6. The first-order chi connectivity index (χ1) is 24.7. The second-order valence-electron chi connectivity index (χ2n) is 14.6. The van der Waals surface area contributed by atoms with Crippen LogP contribution in [0.5, 0.6) is 0 Å². The number of hydrogen-bond acceptors (Lipinski definition) is 8. The Morgan fingerprint density at radius 2 is 1.86 bits per heavy atom. The van der Waals surface area contributed by atoms with Crippen LogP contribution in [-0.2, 0) is 17.8 Å². The minimum absolute atomic E-state index is 0.116. The number of aryl methyl sites for hydroxylation is 2. The molecular formula is C40H50FN7O3. The van der Waals surface area contributed by atoms with Gasteiger partial charge in [0.15, 0.2) is 5.43 Å². The van der Waals surface area contributed by atoms with Crippen molar-refractivity contribution < 1.29 is 13.9 Å². The van der Waals surface area contributed by atoms with E-state index in [0.717, 1.165) is 79.8 Å². The summed E-state index contributed by atoms with van der Waals surface area (Å²) in [7, 11) is 0. The molecule has 4 aromatic rings. The van der Waals surface area contributed by atoms with Crippen LogP contribution in [-0.4, -0.2) is 70.4 Å². The molecule has 10 nitrogen and oxygen atoms in total. The highest BCUT2D eigenvalue weighted by molar-refractivity contribution is 5.84. The molecule has 3 fully saturated rings. The fraction of sp³-hybridized carbons (Fsp3) is 0.500. The highest BCUT2D eigenvalue weighted by Crippen LogP contribution is 2.39. The van der Waals surface area contributed by atoms with Crippen molar-refractivity contribution >= 4 is 28.4 Å². The molecule has 1 amide bonds. The fourth-order valence-corrected chi connectivity index (χ4v) is 7.64. The topological polar surface area (TPSA) is 95.8 Å². The van der Waals surface area contributed by atoms with Crippen molar-refractivity contribution in [3.05, 3.63) is 93.5 Å². The molecule has 0 unspecified atom stereocenters. The summed E-state index contributed by atoms with van der Waals surface area (Å²) < 4.78 is 23.5. The summed E-state index contributed by atoms with van der Waals surface area (Å²) >= 11 is 0. The van der Waals surface area contributed by atoms with Crippen molar-refractivity contribution in [3.8, 4) is 0 Å². The van der Waals surface area contributed by atoms with E-state index < -0.39 is 11.9 Å². The molecule has 1 aromatic carbocycles. The number of carbonyl (C=O) groups excluding carboxylic acids is 1. The van der Waals surface area contributed by atoms with Gasteiger partial charge in [-0.2, -0.15) is 0 Å². The number of nitrogens with zero attached hydrogens (tertiary/aromatic N) is 6. The lowest BCUT2D eigenvalue weighted by molar-refractivity contribution is 0.141. The van der Waals surface area contributed by atoms with Gasteiger partial charge in [-0.05, 0) is 94.3 Å². The zero-order chi connectivity index (χ0) is 35.5. The predicted octanol–water partition coefficient (Wildman–Crippen LogP) is 6.66. The van der Waals surface area contributed by atoms with E-state index in [2.05, 4.69) is 53.9 Å². The number of halogens is 1. The average Bonchev–Trinajstić information content (AvgIpc) is 3.87. The number of amides is 1. The Morgan fingerprint density at radius 3 is 2.63 bits per heavy atom. The van der Waals surface area contributed by atoms with Crippen molar-refractivity contribution in [2.75, 3.05) is 42.6 Å². The normalized spacial score (nSPS) is 19.2. The number of aromatic nitrogens is 3. The molecule has 2 saturated heterocycles. The molecule has 0 spiro atoms. The largest absolute Gasteiger partial charge is 0.450 e. The lowest BCUT2D eigenvalue weighted by atomic mass is 10.0. The van der Waals surface area contributed by atoms with Gasteiger partial charge in [0.2, 0.25) is 0 Å². The average molecular weight is 696 g/mol. The van der Waals surface area contributed by atoms with Crippen molar-refractivity contribution in [3.63, 3.8) is 0 Å². The van der Waals surface area contributed by atoms with Crippen molar-refractivity contribution in [1.29, 1.82) is 0 Å². The third-order valence-corrected chi connectivity index (χ3v) is 10.6. The molecule has 0 radical (unpaired) electrons. The van der Waals surface area contributed by atoms with Crippen LogP contribution in [0.25, 0.3) is 10.9 Å². The molecule has 270 valence electrons. The summed E-state index contributed by atoms with van der Waals surface area (Å²) in [5.41, 5.74) is 6.04. The van der Waals surface area contributed by atoms with Crippen LogP contribution in [0.15, 0.2) is 59.8 Å². The van der Waals surface area contributed by atoms with Gasteiger partial charge < -0.3 is 24.4 Å². The second kappa shape index (κ2) is 15.4. The Hall–Kier alpha value is -4.51. The zero-order valence-corrected chi connectivity index (χ0v) is 30.1. The van der Waals surface area contributed by atoms with E-state index >= 15 is 4.39 Å². The molecule has 2 atom stereocenters. The van der Waals surface area contributed by atoms with Crippen LogP contribution in [0.4, 0.5) is 20.6 Å². The van der Waals surface area contributed by atoms with E-state index in [-0.39, 0.29) is 23.6 Å². The number of hydrogen-bond donors (Lipinski definition) is 1. The Kier molecular flexibility index (Phi) is 10.5. The summed E-state index contributed by atoms with van der Waals surface area (Å²) in [6, 6.07) is 12.0. The third-order valence-electron chi connectivity index (χ3n) is 10.6. The van der Waals surface area contributed by atoms with Crippen molar-refractivity contribution in [2.45, 2.75) is 96.9 Å². The molecular weight excluding hydrogens is 645 g/mol. The van der Waals surface area contributed by atoms with Gasteiger partial charge >= 0.3 is 6.09 Å². The molecule has 5 heterocycles. The Morgan fingerprint density at radius 1 is 1.00 bits per heavy atom. The van der Waals surface area contributed by atoms with Crippen LogP contribution in [0.3, 0.4) is 0 Å². The van der Waals surface area contributed by atoms with Gasteiger partial charge in [0.05, 0.1) is 35.7 Å². The number of carbonyl (C=O) groups is 1. The molecule has 1 saturated carbocycles. The lowest BCUT2D eigenvalue weighted by Crippen LogP contribution is -2.48. The van der Waals surface area contributed by atoms with E-state index in [1.54, 1.807) is 0 Å². The van der Waals surface area contributed by atoms with Gasteiger partial charge in [0.1, 0.15) is 5.82 Å². The number of rotatable bonds is 12. The predicted molar refractivity (Wildman–Crippen MR) is 199 cm³/mol. The molecule has 3 aliphatic rings. The Balaban J connectivity index is 1.17.